The normalized spacial score (nSPS) is 20.4. The summed E-state index contributed by atoms with van der Waals surface area (Å²) in [4.78, 5) is 0. The average Bonchev–Trinajstić information content (AvgIpc) is 2.47. The third-order valence-corrected chi connectivity index (χ3v) is 7.64. The highest BCUT2D eigenvalue weighted by atomic mass is 32.7. The van der Waals surface area contributed by atoms with E-state index < -0.39 is 7.58 Å². The lowest BCUT2D eigenvalue weighted by Crippen LogP contribution is -2.27. The SMILES string of the molecule is CC(C)(CO)COPSC/C=C/CSP1OCC(C)(C)CO1. The van der Waals surface area contributed by atoms with Gasteiger partial charge in [0.25, 0.3) is 0 Å². The van der Waals surface area contributed by atoms with Crippen LogP contribution in [0.15, 0.2) is 12.2 Å². The van der Waals surface area contributed by atoms with Gasteiger partial charge in [0.1, 0.15) is 0 Å². The van der Waals surface area contributed by atoms with Crippen molar-refractivity contribution in [2.75, 3.05) is 37.9 Å². The first-order valence-corrected chi connectivity index (χ1v) is 12.7. The predicted octanol–water partition coefficient (Wildman–Crippen LogP) is 4.85. The third kappa shape index (κ3) is 10.1. The molecule has 0 aliphatic carbocycles. The molecule has 8 heteroatoms. The van der Waals surface area contributed by atoms with E-state index in [1.165, 1.54) is 0 Å². The Kier molecular flexibility index (Phi) is 10.5. The molecule has 0 radical (unpaired) electrons. The number of rotatable bonds is 10. The van der Waals surface area contributed by atoms with Crippen LogP contribution in [0.1, 0.15) is 27.7 Å². The number of hydrogen-bond acceptors (Lipinski definition) is 6. The summed E-state index contributed by atoms with van der Waals surface area (Å²) in [6.45, 7) is 10.6. The molecule has 1 N–H and O–H groups in total. The molecule has 1 fully saturated rings. The van der Waals surface area contributed by atoms with Gasteiger partial charge in [0.15, 0.2) is 0 Å². The average molecular weight is 386 g/mol. The summed E-state index contributed by atoms with van der Waals surface area (Å²) in [5, 5.41) is 9.11. The van der Waals surface area contributed by atoms with E-state index in [0.717, 1.165) is 24.7 Å². The van der Waals surface area contributed by atoms with E-state index in [4.69, 9.17) is 18.7 Å². The van der Waals surface area contributed by atoms with Crippen molar-refractivity contribution in [3.05, 3.63) is 12.2 Å². The minimum Gasteiger partial charge on any atom is -0.396 e. The molecule has 0 aromatic carbocycles. The Labute approximate surface area is 145 Å². The summed E-state index contributed by atoms with van der Waals surface area (Å²) in [7, 11) is -0.343. The molecule has 22 heavy (non-hydrogen) atoms. The van der Waals surface area contributed by atoms with Crippen LogP contribution in [0.2, 0.25) is 0 Å². The van der Waals surface area contributed by atoms with Gasteiger partial charge in [-0.05, 0) is 0 Å². The smallest absolute Gasteiger partial charge is 0.238 e. The van der Waals surface area contributed by atoms with Crippen LogP contribution < -0.4 is 0 Å². The fourth-order valence-electron chi connectivity index (χ4n) is 1.24. The first-order chi connectivity index (χ1) is 10.3. The second-order valence-electron chi connectivity index (χ2n) is 6.71. The highest BCUT2D eigenvalue weighted by molar-refractivity contribution is 8.52. The molecule has 1 rings (SSSR count). The van der Waals surface area contributed by atoms with E-state index in [0.29, 0.717) is 14.6 Å². The van der Waals surface area contributed by atoms with Crippen molar-refractivity contribution in [3.8, 4) is 0 Å². The molecule has 0 amide bonds. The van der Waals surface area contributed by atoms with Gasteiger partial charge in [0, 0.05) is 22.3 Å². The molecular weight excluding hydrogens is 358 g/mol. The minimum absolute atomic E-state index is 0.142. The molecule has 0 spiro atoms. The molecule has 0 aromatic rings. The van der Waals surface area contributed by atoms with Gasteiger partial charge in [-0.15, -0.1) is 11.4 Å². The number of aliphatic hydroxyl groups excluding tert-OH is 1. The van der Waals surface area contributed by atoms with Crippen molar-refractivity contribution in [2.24, 2.45) is 10.8 Å². The van der Waals surface area contributed by atoms with Crippen molar-refractivity contribution in [2.45, 2.75) is 27.7 Å². The van der Waals surface area contributed by atoms with Crippen molar-refractivity contribution in [1.82, 2.24) is 0 Å². The van der Waals surface area contributed by atoms with E-state index in [2.05, 4.69) is 26.0 Å². The highest BCUT2D eigenvalue weighted by Crippen LogP contribution is 2.56. The first kappa shape index (κ1) is 21.2. The molecule has 4 nitrogen and oxygen atoms in total. The summed E-state index contributed by atoms with van der Waals surface area (Å²) >= 11 is 3.50. The van der Waals surface area contributed by atoms with Gasteiger partial charge in [-0.2, -0.15) is 0 Å². The number of hydrogen-bond donors (Lipinski definition) is 1. The Morgan fingerprint density at radius 1 is 1.27 bits per heavy atom. The monoisotopic (exact) mass is 386 g/mol. The fourth-order valence-corrected chi connectivity index (χ4v) is 5.86. The predicted molar refractivity (Wildman–Crippen MR) is 102 cm³/mol. The summed E-state index contributed by atoms with van der Waals surface area (Å²) < 4.78 is 17.0. The second-order valence-corrected chi connectivity index (χ2v) is 12.4. The van der Waals surface area contributed by atoms with Crippen molar-refractivity contribution >= 4 is 38.4 Å². The molecule has 1 aliphatic rings. The molecule has 0 aromatic heterocycles. The summed E-state index contributed by atoms with van der Waals surface area (Å²) in [5.74, 6) is 1.87. The lowest BCUT2D eigenvalue weighted by Gasteiger charge is -2.32. The topological polar surface area (TPSA) is 47.9 Å². The van der Waals surface area contributed by atoms with E-state index in [-0.39, 0.29) is 17.4 Å². The van der Waals surface area contributed by atoms with Gasteiger partial charge in [-0.25, -0.2) is 0 Å². The van der Waals surface area contributed by atoms with E-state index in [1.54, 1.807) is 22.8 Å². The largest absolute Gasteiger partial charge is 0.396 e. The van der Waals surface area contributed by atoms with Crippen molar-refractivity contribution in [3.63, 3.8) is 0 Å². The maximum atomic E-state index is 9.11. The summed E-state index contributed by atoms with van der Waals surface area (Å²) in [6, 6.07) is 0. The lowest BCUT2D eigenvalue weighted by molar-refractivity contribution is 0.0686. The van der Waals surface area contributed by atoms with Crippen LogP contribution in [0.3, 0.4) is 0 Å². The van der Waals surface area contributed by atoms with Gasteiger partial charge in [-0.3, -0.25) is 0 Å². The zero-order chi connectivity index (χ0) is 16.5. The van der Waals surface area contributed by atoms with Gasteiger partial charge in [0.05, 0.1) is 34.4 Å². The van der Waals surface area contributed by atoms with Gasteiger partial charge < -0.3 is 18.7 Å². The third-order valence-electron chi connectivity index (χ3n) is 2.75. The zero-order valence-electron chi connectivity index (χ0n) is 13.8. The molecular formula is C14H28O4P2S2. The zero-order valence-corrected chi connectivity index (χ0v) is 17.4. The fraction of sp³-hybridized carbons (Fsp3) is 0.857. The van der Waals surface area contributed by atoms with Crippen LogP contribution in [0, 0.1) is 10.8 Å². The summed E-state index contributed by atoms with van der Waals surface area (Å²) in [6.07, 6.45) is 4.32. The molecule has 1 heterocycles. The molecule has 1 atom stereocenters. The van der Waals surface area contributed by atoms with Gasteiger partial charge >= 0.3 is 0 Å². The highest BCUT2D eigenvalue weighted by Gasteiger charge is 2.29. The van der Waals surface area contributed by atoms with Crippen molar-refractivity contribution < 1.29 is 18.7 Å². The lowest BCUT2D eigenvalue weighted by atomic mass is 9.97. The van der Waals surface area contributed by atoms with Crippen LogP contribution in [-0.4, -0.2) is 43.0 Å². The van der Waals surface area contributed by atoms with Crippen LogP contribution in [0.25, 0.3) is 0 Å². The first-order valence-electron chi connectivity index (χ1n) is 7.28. The van der Waals surface area contributed by atoms with E-state index in [9.17, 15) is 0 Å². The molecule has 1 saturated heterocycles. The maximum Gasteiger partial charge on any atom is 0.238 e. The van der Waals surface area contributed by atoms with Crippen LogP contribution in [0.5, 0.6) is 0 Å². The Balaban J connectivity index is 1.95. The molecule has 1 unspecified atom stereocenters. The molecule has 1 aliphatic heterocycles. The standard InChI is InChI=1S/C14H28O4P2S2/c1-13(2,9-15)10-16-19-21-7-5-6-8-22-20-17-11-14(3,4)12-18-20/h5-6,15,19H,7-12H2,1-4H3/b6-5+. The summed E-state index contributed by atoms with van der Waals surface area (Å²) in [5.41, 5.74) is 0.00809. The maximum absolute atomic E-state index is 9.11. The minimum atomic E-state index is -0.764. The molecule has 0 saturated carbocycles. The van der Waals surface area contributed by atoms with E-state index >= 15 is 0 Å². The van der Waals surface area contributed by atoms with Gasteiger partial charge in [-0.1, -0.05) is 51.2 Å². The van der Waals surface area contributed by atoms with Crippen LogP contribution >= 0.6 is 38.4 Å². The van der Waals surface area contributed by atoms with Crippen LogP contribution in [-0.2, 0) is 13.6 Å². The number of aliphatic hydroxyl groups is 1. The van der Waals surface area contributed by atoms with E-state index in [1.807, 2.05) is 13.8 Å². The molecule has 0 bridgehead atoms. The Morgan fingerprint density at radius 3 is 2.55 bits per heavy atom. The van der Waals surface area contributed by atoms with Crippen LogP contribution in [0.4, 0.5) is 0 Å². The van der Waals surface area contributed by atoms with Gasteiger partial charge in [0.2, 0.25) is 7.58 Å². The Bertz CT molecular complexity index is 331. The quantitative estimate of drug-likeness (QED) is 0.329. The Hall–Kier alpha value is 1.14. The second kappa shape index (κ2) is 10.9. The molecule has 130 valence electrons. The Morgan fingerprint density at radius 2 is 1.91 bits per heavy atom. The van der Waals surface area contributed by atoms with Crippen molar-refractivity contribution in [1.29, 1.82) is 0 Å².